The molecule has 180 valence electrons. The van der Waals surface area contributed by atoms with Gasteiger partial charge in [0.1, 0.15) is 52.0 Å². The van der Waals surface area contributed by atoms with Gasteiger partial charge in [-0.25, -0.2) is 18.2 Å². The highest BCUT2D eigenvalue weighted by Crippen LogP contribution is 2.32. The van der Waals surface area contributed by atoms with E-state index in [0.29, 0.717) is 17.2 Å². The van der Waals surface area contributed by atoms with Crippen molar-refractivity contribution >= 4 is 22.9 Å². The fourth-order valence-corrected chi connectivity index (χ4v) is 4.00. The molecular formula is C25H19F3N2O4S. The Morgan fingerprint density at radius 1 is 0.943 bits per heavy atom. The standard InChI is InChI=1S/C25H19F3N2O4S/c1-32-14-7-9-21(23(11-14)33-2)29-24(31)22-13-35-25(30-22)16-8-6-15(10-20(16)28)34-12-17-18(26)4-3-5-19(17)27/h3-11,13H,12H2,1-2H3,(H,29,31). The summed E-state index contributed by atoms with van der Waals surface area (Å²) in [5.41, 5.74) is 0.422. The topological polar surface area (TPSA) is 69.7 Å². The van der Waals surface area contributed by atoms with Gasteiger partial charge in [0.15, 0.2) is 0 Å². The second kappa shape index (κ2) is 10.5. The second-order valence-corrected chi connectivity index (χ2v) is 8.05. The summed E-state index contributed by atoms with van der Waals surface area (Å²) in [5.74, 6) is -1.58. The van der Waals surface area contributed by atoms with Gasteiger partial charge in [-0.15, -0.1) is 11.3 Å². The number of nitrogens with one attached hydrogen (secondary N) is 1. The molecule has 1 amide bonds. The maximum Gasteiger partial charge on any atom is 0.275 e. The fourth-order valence-electron chi connectivity index (χ4n) is 3.17. The first-order chi connectivity index (χ1) is 16.9. The summed E-state index contributed by atoms with van der Waals surface area (Å²) in [6, 6.07) is 12.4. The van der Waals surface area contributed by atoms with Gasteiger partial charge in [0.2, 0.25) is 0 Å². The zero-order valence-electron chi connectivity index (χ0n) is 18.6. The van der Waals surface area contributed by atoms with Gasteiger partial charge in [-0.2, -0.15) is 0 Å². The Labute approximate surface area is 202 Å². The summed E-state index contributed by atoms with van der Waals surface area (Å²) in [5, 5.41) is 4.49. The molecule has 0 aliphatic rings. The Bertz CT molecular complexity index is 1360. The largest absolute Gasteiger partial charge is 0.497 e. The van der Waals surface area contributed by atoms with Crippen LogP contribution in [0.5, 0.6) is 17.2 Å². The van der Waals surface area contributed by atoms with Crippen LogP contribution < -0.4 is 19.5 Å². The van der Waals surface area contributed by atoms with E-state index in [2.05, 4.69) is 10.3 Å². The highest BCUT2D eigenvalue weighted by Gasteiger charge is 2.17. The van der Waals surface area contributed by atoms with Gasteiger partial charge in [0.25, 0.3) is 5.91 Å². The molecule has 4 aromatic rings. The van der Waals surface area contributed by atoms with E-state index < -0.39 is 30.0 Å². The third-order valence-corrected chi connectivity index (χ3v) is 5.89. The van der Waals surface area contributed by atoms with Crippen LogP contribution in [0.4, 0.5) is 18.9 Å². The highest BCUT2D eigenvalue weighted by atomic mass is 32.1. The lowest BCUT2D eigenvalue weighted by Crippen LogP contribution is -2.13. The van der Waals surface area contributed by atoms with Crippen LogP contribution in [-0.2, 0) is 6.61 Å². The van der Waals surface area contributed by atoms with E-state index >= 15 is 0 Å². The molecule has 1 aromatic heterocycles. The van der Waals surface area contributed by atoms with Crippen molar-refractivity contribution in [3.05, 3.63) is 88.7 Å². The fraction of sp³-hybridized carbons (Fsp3) is 0.120. The van der Waals surface area contributed by atoms with E-state index in [9.17, 15) is 18.0 Å². The normalized spacial score (nSPS) is 10.7. The Balaban J connectivity index is 1.47. The molecular weight excluding hydrogens is 481 g/mol. The molecule has 0 aliphatic heterocycles. The summed E-state index contributed by atoms with van der Waals surface area (Å²) < 4.78 is 58.0. The Kier molecular flexibility index (Phi) is 7.21. The summed E-state index contributed by atoms with van der Waals surface area (Å²) in [6.07, 6.45) is 0. The summed E-state index contributed by atoms with van der Waals surface area (Å²) in [4.78, 5) is 16.9. The number of aromatic nitrogens is 1. The number of thiazole rings is 1. The lowest BCUT2D eigenvalue weighted by atomic mass is 10.2. The number of anilines is 1. The predicted molar refractivity (Wildman–Crippen MR) is 126 cm³/mol. The number of halogens is 3. The Hall–Kier alpha value is -4.05. The zero-order valence-corrected chi connectivity index (χ0v) is 19.4. The van der Waals surface area contributed by atoms with Crippen LogP contribution in [-0.4, -0.2) is 25.1 Å². The number of hydrogen-bond donors (Lipinski definition) is 1. The van der Waals surface area contributed by atoms with Gasteiger partial charge >= 0.3 is 0 Å². The zero-order chi connectivity index (χ0) is 24.9. The van der Waals surface area contributed by atoms with Gasteiger partial charge in [-0.3, -0.25) is 4.79 Å². The molecule has 10 heteroatoms. The van der Waals surface area contributed by atoms with E-state index in [1.54, 1.807) is 18.2 Å². The van der Waals surface area contributed by atoms with Crippen LogP contribution in [0.15, 0.2) is 60.0 Å². The average molecular weight is 500 g/mol. The lowest BCUT2D eigenvalue weighted by molar-refractivity contribution is 0.102. The van der Waals surface area contributed by atoms with Crippen LogP contribution in [0.1, 0.15) is 16.1 Å². The number of ether oxygens (including phenoxy) is 3. The van der Waals surface area contributed by atoms with Crippen molar-refractivity contribution in [1.82, 2.24) is 4.98 Å². The molecule has 0 radical (unpaired) electrons. The third kappa shape index (κ3) is 5.38. The first-order valence-corrected chi connectivity index (χ1v) is 11.1. The van der Waals surface area contributed by atoms with Crippen molar-refractivity contribution in [1.29, 1.82) is 0 Å². The molecule has 3 aromatic carbocycles. The monoisotopic (exact) mass is 500 g/mol. The first-order valence-electron chi connectivity index (χ1n) is 10.2. The van der Waals surface area contributed by atoms with Crippen molar-refractivity contribution < 1.29 is 32.2 Å². The number of methoxy groups -OCH3 is 2. The summed E-state index contributed by atoms with van der Waals surface area (Å²) in [6.45, 7) is -0.395. The molecule has 4 rings (SSSR count). The number of rotatable bonds is 8. The highest BCUT2D eigenvalue weighted by molar-refractivity contribution is 7.13. The molecule has 0 unspecified atom stereocenters. The third-order valence-electron chi connectivity index (χ3n) is 5.01. The lowest BCUT2D eigenvalue weighted by Gasteiger charge is -2.10. The van der Waals surface area contributed by atoms with E-state index in [1.807, 2.05) is 0 Å². The molecule has 0 bridgehead atoms. The van der Waals surface area contributed by atoms with Crippen LogP contribution >= 0.6 is 11.3 Å². The molecule has 1 heterocycles. The molecule has 0 aliphatic carbocycles. The number of carbonyl (C=O) groups is 1. The predicted octanol–water partition coefficient (Wildman–Crippen LogP) is 6.08. The van der Waals surface area contributed by atoms with Crippen LogP contribution in [0.25, 0.3) is 10.6 Å². The molecule has 1 N–H and O–H groups in total. The minimum absolute atomic E-state index is 0.0926. The number of hydrogen-bond acceptors (Lipinski definition) is 6. The molecule has 0 spiro atoms. The smallest absolute Gasteiger partial charge is 0.275 e. The van der Waals surface area contributed by atoms with E-state index in [-0.39, 0.29) is 27.6 Å². The van der Waals surface area contributed by atoms with Crippen LogP contribution in [0.3, 0.4) is 0 Å². The maximum atomic E-state index is 14.8. The number of benzene rings is 3. The molecule has 0 fully saturated rings. The van der Waals surface area contributed by atoms with Gasteiger partial charge < -0.3 is 19.5 Å². The summed E-state index contributed by atoms with van der Waals surface area (Å²) in [7, 11) is 2.99. The summed E-state index contributed by atoms with van der Waals surface area (Å²) >= 11 is 1.09. The van der Waals surface area contributed by atoms with Gasteiger partial charge in [-0.1, -0.05) is 6.07 Å². The Morgan fingerprint density at radius 3 is 2.37 bits per heavy atom. The van der Waals surface area contributed by atoms with Crippen molar-refractivity contribution in [3.63, 3.8) is 0 Å². The maximum absolute atomic E-state index is 14.8. The molecule has 35 heavy (non-hydrogen) atoms. The van der Waals surface area contributed by atoms with Crippen LogP contribution in [0.2, 0.25) is 0 Å². The number of nitrogens with zero attached hydrogens (tertiary/aromatic N) is 1. The molecule has 0 saturated carbocycles. The van der Waals surface area contributed by atoms with Crippen molar-refractivity contribution in [2.75, 3.05) is 19.5 Å². The van der Waals surface area contributed by atoms with Crippen molar-refractivity contribution in [3.8, 4) is 27.8 Å². The minimum Gasteiger partial charge on any atom is -0.497 e. The molecule has 6 nitrogen and oxygen atoms in total. The van der Waals surface area contributed by atoms with Crippen molar-refractivity contribution in [2.24, 2.45) is 0 Å². The van der Waals surface area contributed by atoms with E-state index in [4.69, 9.17) is 14.2 Å². The van der Waals surface area contributed by atoms with Crippen molar-refractivity contribution in [2.45, 2.75) is 6.61 Å². The number of carbonyl (C=O) groups excluding carboxylic acids is 1. The van der Waals surface area contributed by atoms with Gasteiger partial charge in [-0.05, 0) is 36.4 Å². The van der Waals surface area contributed by atoms with E-state index in [1.165, 1.54) is 37.8 Å². The number of amides is 1. The molecule has 0 atom stereocenters. The second-order valence-electron chi connectivity index (χ2n) is 7.19. The average Bonchev–Trinajstić information content (AvgIpc) is 3.34. The van der Waals surface area contributed by atoms with Crippen LogP contribution in [0, 0.1) is 17.5 Å². The van der Waals surface area contributed by atoms with Gasteiger partial charge in [0, 0.05) is 23.1 Å². The molecule has 0 saturated heterocycles. The quantitative estimate of drug-likeness (QED) is 0.318. The SMILES string of the molecule is COc1ccc(NC(=O)c2csc(-c3ccc(OCc4c(F)cccc4F)cc3F)n2)c(OC)c1. The Morgan fingerprint density at radius 2 is 1.69 bits per heavy atom. The minimum atomic E-state index is -0.747. The van der Waals surface area contributed by atoms with E-state index in [0.717, 1.165) is 29.5 Å². The van der Waals surface area contributed by atoms with Gasteiger partial charge in [0.05, 0.1) is 25.5 Å². The first kappa shape index (κ1) is 24.1.